The molecule has 21 heavy (non-hydrogen) atoms. The third-order valence-corrected chi connectivity index (χ3v) is 3.44. The Labute approximate surface area is 125 Å². The van der Waals surface area contributed by atoms with Gasteiger partial charge in [-0.05, 0) is 55.7 Å². The van der Waals surface area contributed by atoms with Crippen molar-refractivity contribution in [2.75, 3.05) is 0 Å². The Morgan fingerprint density at radius 1 is 1.29 bits per heavy atom. The molecule has 0 unspecified atom stereocenters. The molecular formula is C17H21NO3. The van der Waals surface area contributed by atoms with Gasteiger partial charge in [-0.25, -0.2) is 0 Å². The van der Waals surface area contributed by atoms with Crippen molar-refractivity contribution in [2.45, 2.75) is 39.8 Å². The van der Waals surface area contributed by atoms with Crippen LogP contribution in [0.4, 0.5) is 0 Å². The lowest BCUT2D eigenvalue weighted by atomic mass is 10.1. The van der Waals surface area contributed by atoms with E-state index in [2.05, 4.69) is 5.32 Å². The number of hydrogen-bond donors (Lipinski definition) is 1. The summed E-state index contributed by atoms with van der Waals surface area (Å²) >= 11 is 0. The van der Waals surface area contributed by atoms with E-state index in [0.717, 1.165) is 17.1 Å². The Bertz CT molecular complexity index is 590. The SMILES string of the molecule is CC[C@@H](Oc1ccc(C)c(C)c1)C(=O)NCc1ccco1. The van der Waals surface area contributed by atoms with Crippen molar-refractivity contribution in [1.82, 2.24) is 5.32 Å². The van der Waals surface area contributed by atoms with E-state index < -0.39 is 6.10 Å². The third-order valence-electron chi connectivity index (χ3n) is 3.44. The van der Waals surface area contributed by atoms with Gasteiger partial charge in [0.05, 0.1) is 12.8 Å². The van der Waals surface area contributed by atoms with Crippen molar-refractivity contribution < 1.29 is 13.9 Å². The van der Waals surface area contributed by atoms with Crippen molar-refractivity contribution in [3.05, 3.63) is 53.5 Å². The van der Waals surface area contributed by atoms with Gasteiger partial charge in [0.15, 0.2) is 6.10 Å². The fourth-order valence-electron chi connectivity index (χ4n) is 1.97. The Hall–Kier alpha value is -2.23. The number of rotatable bonds is 6. The van der Waals surface area contributed by atoms with Crippen LogP contribution < -0.4 is 10.1 Å². The van der Waals surface area contributed by atoms with Gasteiger partial charge in [0, 0.05) is 0 Å². The second-order valence-corrected chi connectivity index (χ2v) is 5.06. The van der Waals surface area contributed by atoms with Gasteiger partial charge in [-0.15, -0.1) is 0 Å². The van der Waals surface area contributed by atoms with Crippen LogP contribution in [-0.4, -0.2) is 12.0 Å². The maximum Gasteiger partial charge on any atom is 0.261 e. The number of aryl methyl sites for hydroxylation is 2. The molecule has 4 heteroatoms. The minimum atomic E-state index is -0.498. The Morgan fingerprint density at radius 3 is 2.71 bits per heavy atom. The van der Waals surface area contributed by atoms with Gasteiger partial charge in [0.25, 0.3) is 5.91 Å². The van der Waals surface area contributed by atoms with Crippen LogP contribution in [0.15, 0.2) is 41.0 Å². The zero-order chi connectivity index (χ0) is 15.2. The lowest BCUT2D eigenvalue weighted by Crippen LogP contribution is -2.37. The van der Waals surface area contributed by atoms with Crippen LogP contribution >= 0.6 is 0 Å². The molecule has 0 aliphatic carbocycles. The molecule has 0 saturated carbocycles. The largest absolute Gasteiger partial charge is 0.481 e. The highest BCUT2D eigenvalue weighted by atomic mass is 16.5. The summed E-state index contributed by atoms with van der Waals surface area (Å²) in [5.74, 6) is 1.31. The van der Waals surface area contributed by atoms with E-state index >= 15 is 0 Å². The van der Waals surface area contributed by atoms with Crippen LogP contribution in [-0.2, 0) is 11.3 Å². The van der Waals surface area contributed by atoms with Gasteiger partial charge in [0.2, 0.25) is 0 Å². The molecule has 0 aliphatic heterocycles. The van der Waals surface area contributed by atoms with Crippen LogP contribution in [0.2, 0.25) is 0 Å². The molecule has 112 valence electrons. The number of furan rings is 1. The quantitative estimate of drug-likeness (QED) is 0.886. The van der Waals surface area contributed by atoms with Gasteiger partial charge in [-0.1, -0.05) is 13.0 Å². The van der Waals surface area contributed by atoms with Crippen molar-refractivity contribution in [2.24, 2.45) is 0 Å². The van der Waals surface area contributed by atoms with E-state index in [9.17, 15) is 4.79 Å². The molecule has 1 N–H and O–H groups in total. The summed E-state index contributed by atoms with van der Waals surface area (Å²) in [7, 11) is 0. The molecule has 0 spiro atoms. The minimum absolute atomic E-state index is 0.132. The molecule has 0 bridgehead atoms. The number of ether oxygens (including phenoxy) is 1. The lowest BCUT2D eigenvalue weighted by molar-refractivity contribution is -0.128. The summed E-state index contributed by atoms with van der Waals surface area (Å²) in [6.07, 6.45) is 1.70. The van der Waals surface area contributed by atoms with E-state index in [-0.39, 0.29) is 5.91 Å². The third kappa shape index (κ3) is 4.12. The fraction of sp³-hybridized carbons (Fsp3) is 0.353. The van der Waals surface area contributed by atoms with Gasteiger partial charge in [-0.3, -0.25) is 4.79 Å². The number of amides is 1. The highest BCUT2D eigenvalue weighted by Crippen LogP contribution is 2.18. The highest BCUT2D eigenvalue weighted by Gasteiger charge is 2.18. The van der Waals surface area contributed by atoms with Crippen molar-refractivity contribution >= 4 is 5.91 Å². The molecule has 4 nitrogen and oxygen atoms in total. The van der Waals surface area contributed by atoms with Gasteiger partial charge >= 0.3 is 0 Å². The Kier molecular flexibility index (Phi) is 5.04. The Morgan fingerprint density at radius 2 is 2.10 bits per heavy atom. The van der Waals surface area contributed by atoms with Crippen LogP contribution in [0.25, 0.3) is 0 Å². The molecule has 1 amide bonds. The zero-order valence-corrected chi connectivity index (χ0v) is 12.7. The highest BCUT2D eigenvalue weighted by molar-refractivity contribution is 5.81. The van der Waals surface area contributed by atoms with E-state index in [4.69, 9.17) is 9.15 Å². The molecule has 2 aromatic rings. The number of hydrogen-bond acceptors (Lipinski definition) is 3. The molecule has 1 heterocycles. The molecule has 1 aromatic heterocycles. The second kappa shape index (κ2) is 6.97. The monoisotopic (exact) mass is 287 g/mol. The standard InChI is InChI=1S/C17H21NO3/c1-4-16(17(19)18-11-15-6-5-9-20-15)21-14-8-7-12(2)13(3)10-14/h5-10,16H,4,11H2,1-3H3,(H,18,19)/t16-/m1/s1. The van der Waals surface area contributed by atoms with Gasteiger partial charge < -0.3 is 14.5 Å². The molecule has 0 radical (unpaired) electrons. The van der Waals surface area contributed by atoms with E-state index in [1.54, 1.807) is 12.3 Å². The summed E-state index contributed by atoms with van der Waals surface area (Å²) < 4.78 is 11.0. The summed E-state index contributed by atoms with van der Waals surface area (Å²) in [6.45, 7) is 6.38. The number of benzene rings is 1. The van der Waals surface area contributed by atoms with E-state index in [1.807, 2.05) is 45.0 Å². The lowest BCUT2D eigenvalue weighted by Gasteiger charge is -2.17. The average molecular weight is 287 g/mol. The van der Waals surface area contributed by atoms with Gasteiger partial charge in [-0.2, -0.15) is 0 Å². The summed E-state index contributed by atoms with van der Waals surface area (Å²) in [6, 6.07) is 9.47. The predicted octanol–water partition coefficient (Wildman–Crippen LogP) is 3.37. The van der Waals surface area contributed by atoms with Crippen molar-refractivity contribution in [3.63, 3.8) is 0 Å². The first-order chi connectivity index (χ1) is 10.1. The zero-order valence-electron chi connectivity index (χ0n) is 12.7. The minimum Gasteiger partial charge on any atom is -0.481 e. The summed E-state index contributed by atoms with van der Waals surface area (Å²) in [4.78, 5) is 12.1. The smallest absolute Gasteiger partial charge is 0.261 e. The summed E-state index contributed by atoms with van der Waals surface area (Å²) in [5, 5.41) is 2.82. The Balaban J connectivity index is 1.95. The molecular weight excluding hydrogens is 266 g/mol. The van der Waals surface area contributed by atoms with Crippen molar-refractivity contribution in [3.8, 4) is 5.75 Å². The van der Waals surface area contributed by atoms with E-state index in [1.165, 1.54) is 5.56 Å². The first kappa shape index (κ1) is 15.2. The van der Waals surface area contributed by atoms with Crippen molar-refractivity contribution in [1.29, 1.82) is 0 Å². The number of nitrogens with one attached hydrogen (secondary N) is 1. The first-order valence-corrected chi connectivity index (χ1v) is 7.14. The number of carbonyl (C=O) groups excluding carboxylic acids is 1. The predicted molar refractivity (Wildman–Crippen MR) is 81.2 cm³/mol. The van der Waals surface area contributed by atoms with Crippen LogP contribution in [0.1, 0.15) is 30.2 Å². The second-order valence-electron chi connectivity index (χ2n) is 5.06. The van der Waals surface area contributed by atoms with E-state index in [0.29, 0.717) is 13.0 Å². The fourth-order valence-corrected chi connectivity index (χ4v) is 1.97. The molecule has 1 aromatic carbocycles. The molecule has 0 saturated heterocycles. The first-order valence-electron chi connectivity index (χ1n) is 7.14. The maximum absolute atomic E-state index is 12.1. The summed E-state index contributed by atoms with van der Waals surface area (Å²) in [5.41, 5.74) is 2.36. The van der Waals surface area contributed by atoms with Crippen LogP contribution in [0, 0.1) is 13.8 Å². The average Bonchev–Trinajstić information content (AvgIpc) is 2.99. The molecule has 2 rings (SSSR count). The topological polar surface area (TPSA) is 51.5 Å². The molecule has 1 atom stereocenters. The molecule has 0 fully saturated rings. The molecule has 0 aliphatic rings. The van der Waals surface area contributed by atoms with Crippen LogP contribution in [0.3, 0.4) is 0 Å². The van der Waals surface area contributed by atoms with Gasteiger partial charge in [0.1, 0.15) is 11.5 Å². The normalized spacial score (nSPS) is 12.0. The maximum atomic E-state index is 12.1. The number of carbonyl (C=O) groups is 1. The van der Waals surface area contributed by atoms with Crippen LogP contribution in [0.5, 0.6) is 5.75 Å².